The summed E-state index contributed by atoms with van der Waals surface area (Å²) in [6.07, 6.45) is 2.47. The SMILES string of the molecule is CN(Cc1ccccc1Cl)C(=O)CN1CCCCC1=O. The van der Waals surface area contributed by atoms with Gasteiger partial charge in [0.25, 0.3) is 0 Å². The van der Waals surface area contributed by atoms with Gasteiger partial charge in [-0.05, 0) is 24.5 Å². The van der Waals surface area contributed by atoms with E-state index in [4.69, 9.17) is 11.6 Å². The van der Waals surface area contributed by atoms with Gasteiger partial charge in [-0.1, -0.05) is 29.8 Å². The molecule has 0 saturated carbocycles. The summed E-state index contributed by atoms with van der Waals surface area (Å²) in [5.74, 6) is 0.0240. The number of rotatable bonds is 4. The summed E-state index contributed by atoms with van der Waals surface area (Å²) in [6, 6.07) is 7.47. The smallest absolute Gasteiger partial charge is 0.242 e. The van der Waals surface area contributed by atoms with Gasteiger partial charge >= 0.3 is 0 Å². The van der Waals surface area contributed by atoms with E-state index in [1.807, 2.05) is 24.3 Å². The molecule has 0 unspecified atom stereocenters. The molecular formula is C15H19ClN2O2. The number of likely N-dealkylation sites (tertiary alicyclic amines) is 1. The van der Waals surface area contributed by atoms with Crippen LogP contribution >= 0.6 is 11.6 Å². The van der Waals surface area contributed by atoms with Crippen LogP contribution in [0.1, 0.15) is 24.8 Å². The Bertz CT molecular complexity index is 504. The topological polar surface area (TPSA) is 40.6 Å². The minimum Gasteiger partial charge on any atom is -0.340 e. The maximum atomic E-state index is 12.2. The maximum Gasteiger partial charge on any atom is 0.242 e. The molecule has 1 aliphatic heterocycles. The Labute approximate surface area is 124 Å². The van der Waals surface area contributed by atoms with Crippen molar-refractivity contribution in [1.29, 1.82) is 0 Å². The number of carbonyl (C=O) groups is 2. The Morgan fingerprint density at radius 2 is 2.10 bits per heavy atom. The molecule has 20 heavy (non-hydrogen) atoms. The third kappa shape index (κ3) is 3.73. The van der Waals surface area contributed by atoms with Crippen molar-refractivity contribution < 1.29 is 9.59 Å². The van der Waals surface area contributed by atoms with E-state index in [-0.39, 0.29) is 18.4 Å². The number of likely N-dealkylation sites (N-methyl/N-ethyl adjacent to an activating group) is 1. The molecule has 1 aromatic carbocycles. The summed E-state index contributed by atoms with van der Waals surface area (Å²) in [5.41, 5.74) is 0.912. The van der Waals surface area contributed by atoms with Crippen molar-refractivity contribution >= 4 is 23.4 Å². The first-order valence-electron chi connectivity index (χ1n) is 6.83. The Balaban J connectivity index is 1.92. The maximum absolute atomic E-state index is 12.2. The van der Waals surface area contributed by atoms with Crippen molar-refractivity contribution in [3.05, 3.63) is 34.9 Å². The summed E-state index contributed by atoms with van der Waals surface area (Å²) in [4.78, 5) is 27.1. The van der Waals surface area contributed by atoms with Gasteiger partial charge in [0.15, 0.2) is 0 Å². The molecule has 4 nitrogen and oxygen atoms in total. The average Bonchev–Trinajstić information content (AvgIpc) is 2.43. The molecule has 5 heteroatoms. The summed E-state index contributed by atoms with van der Waals surface area (Å²) < 4.78 is 0. The van der Waals surface area contributed by atoms with Gasteiger partial charge in [0.05, 0.1) is 6.54 Å². The fraction of sp³-hybridized carbons (Fsp3) is 0.467. The number of hydrogen-bond donors (Lipinski definition) is 0. The lowest BCUT2D eigenvalue weighted by molar-refractivity contribution is -0.141. The second-order valence-electron chi connectivity index (χ2n) is 5.11. The fourth-order valence-electron chi connectivity index (χ4n) is 2.28. The lowest BCUT2D eigenvalue weighted by Gasteiger charge is -2.28. The standard InChI is InChI=1S/C15H19ClN2O2/c1-17(10-12-6-2-3-7-13(12)16)15(20)11-18-9-5-4-8-14(18)19/h2-3,6-7H,4-5,8-11H2,1H3. The third-order valence-electron chi connectivity index (χ3n) is 3.54. The highest BCUT2D eigenvalue weighted by Gasteiger charge is 2.22. The average molecular weight is 295 g/mol. The number of amides is 2. The van der Waals surface area contributed by atoms with Crippen molar-refractivity contribution in [2.45, 2.75) is 25.8 Å². The van der Waals surface area contributed by atoms with E-state index in [1.165, 1.54) is 0 Å². The second-order valence-corrected chi connectivity index (χ2v) is 5.52. The minimum atomic E-state index is -0.0554. The van der Waals surface area contributed by atoms with Crippen molar-refractivity contribution in [3.8, 4) is 0 Å². The summed E-state index contributed by atoms with van der Waals surface area (Å²) in [5, 5.41) is 0.654. The van der Waals surface area contributed by atoms with Crippen LogP contribution in [0, 0.1) is 0 Å². The Hall–Kier alpha value is -1.55. The van der Waals surface area contributed by atoms with Crippen LogP contribution in [0.4, 0.5) is 0 Å². The first-order chi connectivity index (χ1) is 9.58. The number of nitrogens with zero attached hydrogens (tertiary/aromatic N) is 2. The highest BCUT2D eigenvalue weighted by molar-refractivity contribution is 6.31. The van der Waals surface area contributed by atoms with Crippen molar-refractivity contribution in [2.24, 2.45) is 0 Å². The second kappa shape index (κ2) is 6.75. The lowest BCUT2D eigenvalue weighted by atomic mass is 10.1. The predicted octanol–water partition coefficient (Wildman–Crippen LogP) is 2.31. The molecule has 1 aromatic rings. The molecule has 0 bridgehead atoms. The molecule has 0 spiro atoms. The Morgan fingerprint density at radius 1 is 1.35 bits per heavy atom. The first kappa shape index (κ1) is 14.9. The zero-order chi connectivity index (χ0) is 14.5. The Kier molecular flexibility index (Phi) is 5.01. The monoisotopic (exact) mass is 294 g/mol. The highest BCUT2D eigenvalue weighted by Crippen LogP contribution is 2.17. The normalized spacial score (nSPS) is 15.3. The van der Waals surface area contributed by atoms with E-state index >= 15 is 0 Å². The molecule has 2 amide bonds. The van der Waals surface area contributed by atoms with Crippen LogP contribution in [-0.4, -0.2) is 41.8 Å². The molecule has 108 valence electrons. The molecule has 0 radical (unpaired) electrons. The molecule has 0 aromatic heterocycles. The van der Waals surface area contributed by atoms with Crippen LogP contribution in [0.5, 0.6) is 0 Å². The third-order valence-corrected chi connectivity index (χ3v) is 3.91. The Morgan fingerprint density at radius 3 is 2.80 bits per heavy atom. The summed E-state index contributed by atoms with van der Waals surface area (Å²) in [7, 11) is 1.74. The van der Waals surface area contributed by atoms with E-state index in [0.29, 0.717) is 24.5 Å². The van der Waals surface area contributed by atoms with Crippen LogP contribution in [0.25, 0.3) is 0 Å². The fourth-order valence-corrected chi connectivity index (χ4v) is 2.48. The van der Waals surface area contributed by atoms with E-state index < -0.39 is 0 Å². The van der Waals surface area contributed by atoms with Gasteiger partial charge in [-0.15, -0.1) is 0 Å². The van der Waals surface area contributed by atoms with Gasteiger partial charge in [-0.2, -0.15) is 0 Å². The van der Waals surface area contributed by atoms with Gasteiger partial charge in [0.1, 0.15) is 0 Å². The van der Waals surface area contributed by atoms with Crippen molar-refractivity contribution in [2.75, 3.05) is 20.1 Å². The van der Waals surface area contributed by atoms with Crippen LogP contribution in [0.15, 0.2) is 24.3 Å². The number of carbonyl (C=O) groups excluding carboxylic acids is 2. The quantitative estimate of drug-likeness (QED) is 0.855. The first-order valence-corrected chi connectivity index (χ1v) is 7.21. The number of benzene rings is 1. The highest BCUT2D eigenvalue weighted by atomic mass is 35.5. The van der Waals surface area contributed by atoms with Gasteiger partial charge in [0, 0.05) is 31.6 Å². The number of hydrogen-bond acceptors (Lipinski definition) is 2. The van der Waals surface area contributed by atoms with Crippen LogP contribution < -0.4 is 0 Å². The van der Waals surface area contributed by atoms with E-state index in [0.717, 1.165) is 18.4 Å². The van der Waals surface area contributed by atoms with Crippen LogP contribution in [-0.2, 0) is 16.1 Å². The van der Waals surface area contributed by atoms with E-state index in [2.05, 4.69) is 0 Å². The summed E-state index contributed by atoms with van der Waals surface area (Å²) >= 11 is 6.09. The zero-order valence-corrected chi connectivity index (χ0v) is 12.4. The molecular weight excluding hydrogens is 276 g/mol. The minimum absolute atomic E-state index is 0.0554. The predicted molar refractivity (Wildman–Crippen MR) is 78.4 cm³/mol. The van der Waals surface area contributed by atoms with E-state index in [1.54, 1.807) is 16.8 Å². The summed E-state index contributed by atoms with van der Waals surface area (Å²) in [6.45, 7) is 1.31. The molecule has 0 N–H and O–H groups in total. The molecule has 1 saturated heterocycles. The zero-order valence-electron chi connectivity index (χ0n) is 11.6. The van der Waals surface area contributed by atoms with Crippen molar-refractivity contribution in [1.82, 2.24) is 9.80 Å². The molecule has 1 fully saturated rings. The van der Waals surface area contributed by atoms with E-state index in [9.17, 15) is 9.59 Å². The lowest BCUT2D eigenvalue weighted by Crippen LogP contribution is -2.43. The van der Waals surface area contributed by atoms with Crippen LogP contribution in [0.3, 0.4) is 0 Å². The molecule has 2 rings (SSSR count). The molecule has 0 atom stereocenters. The molecule has 1 aliphatic rings. The number of piperidine rings is 1. The van der Waals surface area contributed by atoms with Gasteiger partial charge in [-0.25, -0.2) is 0 Å². The molecule has 1 heterocycles. The largest absolute Gasteiger partial charge is 0.340 e. The van der Waals surface area contributed by atoms with Gasteiger partial charge < -0.3 is 9.80 Å². The molecule has 0 aliphatic carbocycles. The van der Waals surface area contributed by atoms with Gasteiger partial charge in [0.2, 0.25) is 11.8 Å². The van der Waals surface area contributed by atoms with Crippen LogP contribution in [0.2, 0.25) is 5.02 Å². The number of halogens is 1. The van der Waals surface area contributed by atoms with Gasteiger partial charge in [-0.3, -0.25) is 9.59 Å². The van der Waals surface area contributed by atoms with Crippen molar-refractivity contribution in [3.63, 3.8) is 0 Å².